The Morgan fingerprint density at radius 3 is 2.77 bits per heavy atom. The Labute approximate surface area is 80.3 Å². The predicted molar refractivity (Wildman–Crippen MR) is 57.0 cm³/mol. The Kier molecular flexibility index (Phi) is 4.54. The van der Waals surface area contributed by atoms with E-state index in [0.717, 1.165) is 18.8 Å². The maximum Gasteiger partial charge on any atom is 0.0884 e. The van der Waals surface area contributed by atoms with Gasteiger partial charge in [-0.25, -0.2) is 4.99 Å². The topological polar surface area (TPSA) is 36.4 Å². The summed E-state index contributed by atoms with van der Waals surface area (Å²) >= 11 is 0. The minimum absolute atomic E-state index is 0.606. The molecule has 1 rings (SSSR count). The Morgan fingerprint density at radius 2 is 2.15 bits per heavy atom. The molecule has 3 heteroatoms. The van der Waals surface area contributed by atoms with Gasteiger partial charge < -0.3 is 10.6 Å². The van der Waals surface area contributed by atoms with Crippen LogP contribution in [-0.4, -0.2) is 25.5 Å². The Balaban J connectivity index is 2.20. The molecule has 1 aliphatic rings. The highest BCUT2D eigenvalue weighted by Crippen LogP contribution is 2.00. The van der Waals surface area contributed by atoms with E-state index in [4.69, 9.17) is 0 Å². The van der Waals surface area contributed by atoms with Gasteiger partial charge in [0.15, 0.2) is 0 Å². The highest BCUT2D eigenvalue weighted by molar-refractivity contribution is 5.56. The summed E-state index contributed by atoms with van der Waals surface area (Å²) in [6.45, 7) is 6.24. The van der Waals surface area contributed by atoms with Gasteiger partial charge in [-0.05, 0) is 39.8 Å². The van der Waals surface area contributed by atoms with E-state index in [-0.39, 0.29) is 0 Å². The second-order valence-corrected chi connectivity index (χ2v) is 3.38. The molecule has 1 fully saturated rings. The average Bonchev–Trinajstić information content (AvgIpc) is 2.19. The number of hydrogen-bond donors (Lipinski definition) is 2. The Hall–Kier alpha value is -0.830. The maximum absolute atomic E-state index is 4.24. The molecule has 0 unspecified atom stereocenters. The number of nitrogens with zero attached hydrogens (tertiary/aromatic N) is 1. The highest BCUT2D eigenvalue weighted by Gasteiger charge is 2.09. The van der Waals surface area contributed by atoms with E-state index >= 15 is 0 Å². The van der Waals surface area contributed by atoms with Crippen LogP contribution in [0.25, 0.3) is 0 Å². The fourth-order valence-electron chi connectivity index (χ4n) is 1.31. The lowest BCUT2D eigenvalue weighted by Crippen LogP contribution is -2.39. The van der Waals surface area contributed by atoms with Gasteiger partial charge >= 0.3 is 0 Å². The number of aliphatic imine (C=N–C) groups is 1. The quantitative estimate of drug-likeness (QED) is 0.508. The minimum atomic E-state index is 0.606. The van der Waals surface area contributed by atoms with E-state index in [0.29, 0.717) is 6.04 Å². The summed E-state index contributed by atoms with van der Waals surface area (Å²) in [5.41, 5.74) is 1.06. The van der Waals surface area contributed by atoms with Gasteiger partial charge in [0.1, 0.15) is 0 Å². The van der Waals surface area contributed by atoms with Crippen LogP contribution >= 0.6 is 0 Å². The first-order valence-electron chi connectivity index (χ1n) is 4.95. The van der Waals surface area contributed by atoms with Gasteiger partial charge in [0.25, 0.3) is 0 Å². The summed E-state index contributed by atoms with van der Waals surface area (Å²) in [4.78, 5) is 4.24. The van der Waals surface area contributed by atoms with E-state index in [1.165, 1.54) is 12.8 Å². The molecule has 0 aliphatic carbocycles. The number of nitrogens with one attached hydrogen (secondary N) is 2. The Bertz CT molecular complexity index is 190. The van der Waals surface area contributed by atoms with Gasteiger partial charge in [-0.15, -0.1) is 0 Å². The number of piperidine rings is 1. The van der Waals surface area contributed by atoms with Crippen LogP contribution in [0.15, 0.2) is 16.8 Å². The summed E-state index contributed by atoms with van der Waals surface area (Å²) in [5, 5.41) is 6.64. The van der Waals surface area contributed by atoms with Gasteiger partial charge in [-0.2, -0.15) is 0 Å². The minimum Gasteiger partial charge on any atom is -0.373 e. The number of hydrogen-bond acceptors (Lipinski definition) is 2. The lowest BCUT2D eigenvalue weighted by molar-refractivity contribution is 0.432. The first kappa shape index (κ1) is 10.3. The molecule has 1 saturated heterocycles. The molecule has 0 radical (unpaired) electrons. The molecule has 0 saturated carbocycles. The van der Waals surface area contributed by atoms with E-state index in [1.54, 1.807) is 0 Å². The van der Waals surface area contributed by atoms with Crippen LogP contribution in [0.3, 0.4) is 0 Å². The molecule has 0 aromatic heterocycles. The fourth-order valence-corrected chi connectivity index (χ4v) is 1.31. The van der Waals surface area contributed by atoms with Crippen molar-refractivity contribution in [3.8, 4) is 0 Å². The molecule has 1 aliphatic heterocycles. The van der Waals surface area contributed by atoms with Crippen LogP contribution < -0.4 is 10.6 Å². The van der Waals surface area contributed by atoms with Crippen molar-refractivity contribution in [1.29, 1.82) is 0 Å². The SMILES string of the molecule is C/C=C(C)/N=C\NC1CCNCC1. The van der Waals surface area contributed by atoms with Crippen LogP contribution in [0.1, 0.15) is 26.7 Å². The van der Waals surface area contributed by atoms with Crippen LogP contribution in [-0.2, 0) is 0 Å². The molecule has 0 spiro atoms. The summed E-state index contributed by atoms with van der Waals surface area (Å²) in [5.74, 6) is 0. The molecule has 2 N–H and O–H groups in total. The molecule has 0 atom stereocenters. The number of rotatable bonds is 3. The van der Waals surface area contributed by atoms with Crippen molar-refractivity contribution >= 4 is 6.34 Å². The zero-order valence-electron chi connectivity index (χ0n) is 8.51. The van der Waals surface area contributed by atoms with Gasteiger partial charge in [0.2, 0.25) is 0 Å². The summed E-state index contributed by atoms with van der Waals surface area (Å²) in [6, 6.07) is 0.606. The molecular formula is C10H19N3. The molecule has 13 heavy (non-hydrogen) atoms. The van der Waals surface area contributed by atoms with Gasteiger partial charge in [0, 0.05) is 11.7 Å². The van der Waals surface area contributed by atoms with Gasteiger partial charge in [0.05, 0.1) is 6.34 Å². The predicted octanol–water partition coefficient (Wildman–Crippen LogP) is 1.28. The largest absolute Gasteiger partial charge is 0.373 e. The van der Waals surface area contributed by atoms with Gasteiger partial charge in [-0.1, -0.05) is 6.08 Å². The monoisotopic (exact) mass is 181 g/mol. The first-order valence-corrected chi connectivity index (χ1v) is 4.95. The molecule has 0 aromatic rings. The van der Waals surface area contributed by atoms with E-state index in [9.17, 15) is 0 Å². The number of allylic oxidation sites excluding steroid dienone is 2. The molecule has 3 nitrogen and oxygen atoms in total. The normalized spacial score (nSPS) is 20.9. The zero-order chi connectivity index (χ0) is 9.52. The first-order chi connectivity index (χ1) is 6.33. The van der Waals surface area contributed by atoms with E-state index in [1.807, 2.05) is 26.3 Å². The zero-order valence-corrected chi connectivity index (χ0v) is 8.51. The third-order valence-corrected chi connectivity index (χ3v) is 2.34. The van der Waals surface area contributed by atoms with E-state index in [2.05, 4.69) is 15.6 Å². The molecule has 74 valence electrons. The van der Waals surface area contributed by atoms with Crippen molar-refractivity contribution in [2.45, 2.75) is 32.7 Å². The fraction of sp³-hybridized carbons (Fsp3) is 0.700. The van der Waals surface area contributed by atoms with E-state index < -0.39 is 0 Å². The second-order valence-electron chi connectivity index (χ2n) is 3.38. The summed E-state index contributed by atoms with van der Waals surface area (Å²) in [6.07, 6.45) is 6.22. The second kappa shape index (κ2) is 5.75. The average molecular weight is 181 g/mol. The van der Waals surface area contributed by atoms with Crippen molar-refractivity contribution < 1.29 is 0 Å². The third kappa shape index (κ3) is 4.08. The molecule has 1 heterocycles. The Morgan fingerprint density at radius 1 is 1.46 bits per heavy atom. The smallest absolute Gasteiger partial charge is 0.0884 e. The van der Waals surface area contributed by atoms with Crippen molar-refractivity contribution in [2.24, 2.45) is 4.99 Å². The van der Waals surface area contributed by atoms with Crippen LogP contribution in [0.4, 0.5) is 0 Å². The van der Waals surface area contributed by atoms with Crippen LogP contribution in [0.5, 0.6) is 0 Å². The molecular weight excluding hydrogens is 162 g/mol. The molecule has 0 bridgehead atoms. The molecule has 0 amide bonds. The van der Waals surface area contributed by atoms with Crippen LogP contribution in [0.2, 0.25) is 0 Å². The highest BCUT2D eigenvalue weighted by atomic mass is 15.0. The third-order valence-electron chi connectivity index (χ3n) is 2.34. The van der Waals surface area contributed by atoms with Crippen molar-refractivity contribution in [1.82, 2.24) is 10.6 Å². The summed E-state index contributed by atoms with van der Waals surface area (Å²) < 4.78 is 0. The van der Waals surface area contributed by atoms with Crippen LogP contribution in [0, 0.1) is 0 Å². The lowest BCUT2D eigenvalue weighted by Gasteiger charge is -2.22. The standard InChI is InChI=1S/C10H19N3/c1-3-9(2)12-8-13-10-4-6-11-7-5-10/h3,8,10-11H,4-7H2,1-2H3,(H,12,13)/b9-3+. The van der Waals surface area contributed by atoms with Crippen molar-refractivity contribution in [3.63, 3.8) is 0 Å². The summed E-state index contributed by atoms with van der Waals surface area (Å²) in [7, 11) is 0. The lowest BCUT2D eigenvalue weighted by atomic mass is 10.1. The van der Waals surface area contributed by atoms with Crippen molar-refractivity contribution in [3.05, 3.63) is 11.8 Å². The van der Waals surface area contributed by atoms with Crippen molar-refractivity contribution in [2.75, 3.05) is 13.1 Å². The molecule has 0 aromatic carbocycles. The van der Waals surface area contributed by atoms with Gasteiger partial charge in [-0.3, -0.25) is 0 Å². The maximum atomic E-state index is 4.24.